The Hall–Kier alpha value is -1.12. The molecule has 0 spiro atoms. The van der Waals surface area contributed by atoms with Crippen molar-refractivity contribution in [3.63, 3.8) is 0 Å². The van der Waals surface area contributed by atoms with Gasteiger partial charge in [-0.25, -0.2) is 4.79 Å². The Morgan fingerprint density at radius 1 is 1.46 bits per heavy atom. The average Bonchev–Trinajstić information content (AvgIpc) is 2.21. The highest BCUT2D eigenvalue weighted by atomic mass is 16.5. The number of methoxy groups -OCH3 is 1. The summed E-state index contributed by atoms with van der Waals surface area (Å²) in [5.74, 6) is -0.334. The molecular weight excluding hydrogens is 168 g/mol. The van der Waals surface area contributed by atoms with Crippen LogP contribution >= 0.6 is 0 Å². The standard InChI is InChI=1S/C10H14O3/c1-6-7(11)5-10(2,3)8(6)9(12)13-4/h5H2,1-4H3. The number of ketones is 1. The van der Waals surface area contributed by atoms with Crippen molar-refractivity contribution in [3.8, 4) is 0 Å². The van der Waals surface area contributed by atoms with Gasteiger partial charge >= 0.3 is 5.97 Å². The molecule has 0 atom stereocenters. The topological polar surface area (TPSA) is 43.4 Å². The van der Waals surface area contributed by atoms with Gasteiger partial charge in [0.25, 0.3) is 0 Å². The maximum absolute atomic E-state index is 11.4. The van der Waals surface area contributed by atoms with E-state index in [0.717, 1.165) is 0 Å². The number of carbonyl (C=O) groups excluding carboxylic acids is 2. The van der Waals surface area contributed by atoms with Crippen molar-refractivity contribution in [2.45, 2.75) is 27.2 Å². The van der Waals surface area contributed by atoms with Gasteiger partial charge in [-0.05, 0) is 6.92 Å². The molecule has 0 amide bonds. The predicted molar refractivity (Wildman–Crippen MR) is 48.1 cm³/mol. The van der Waals surface area contributed by atoms with Gasteiger partial charge in [-0.3, -0.25) is 4.79 Å². The lowest BCUT2D eigenvalue weighted by Gasteiger charge is -2.19. The van der Waals surface area contributed by atoms with Crippen LogP contribution in [-0.2, 0) is 14.3 Å². The molecule has 3 nitrogen and oxygen atoms in total. The van der Waals surface area contributed by atoms with Crippen LogP contribution in [0.3, 0.4) is 0 Å². The van der Waals surface area contributed by atoms with Gasteiger partial charge in [-0.15, -0.1) is 0 Å². The molecule has 0 aromatic heterocycles. The number of carbonyl (C=O) groups is 2. The molecule has 0 saturated heterocycles. The first kappa shape index (κ1) is 9.96. The second kappa shape index (κ2) is 2.98. The summed E-state index contributed by atoms with van der Waals surface area (Å²) in [6.07, 6.45) is 0.406. The zero-order valence-electron chi connectivity index (χ0n) is 8.43. The maximum Gasteiger partial charge on any atom is 0.334 e. The summed E-state index contributed by atoms with van der Waals surface area (Å²) >= 11 is 0. The number of esters is 1. The summed E-state index contributed by atoms with van der Waals surface area (Å²) in [6.45, 7) is 5.45. The van der Waals surface area contributed by atoms with E-state index in [4.69, 9.17) is 0 Å². The van der Waals surface area contributed by atoms with Crippen LogP contribution in [0, 0.1) is 5.41 Å². The summed E-state index contributed by atoms with van der Waals surface area (Å²) < 4.78 is 4.64. The molecule has 0 bridgehead atoms. The predicted octanol–water partition coefficient (Wildman–Crippen LogP) is 1.47. The molecule has 1 rings (SSSR count). The maximum atomic E-state index is 11.4. The number of rotatable bonds is 1. The van der Waals surface area contributed by atoms with Gasteiger partial charge in [0.2, 0.25) is 0 Å². The minimum atomic E-state index is -0.381. The fourth-order valence-electron chi connectivity index (χ4n) is 1.80. The second-order valence-electron chi connectivity index (χ2n) is 3.98. The van der Waals surface area contributed by atoms with E-state index >= 15 is 0 Å². The van der Waals surface area contributed by atoms with Crippen LogP contribution in [0.2, 0.25) is 0 Å². The minimum absolute atomic E-state index is 0.0467. The highest BCUT2D eigenvalue weighted by molar-refractivity contribution is 6.08. The van der Waals surface area contributed by atoms with Gasteiger partial charge in [0, 0.05) is 23.0 Å². The van der Waals surface area contributed by atoms with E-state index in [0.29, 0.717) is 17.6 Å². The van der Waals surface area contributed by atoms with Gasteiger partial charge < -0.3 is 4.74 Å². The van der Waals surface area contributed by atoms with Crippen LogP contribution in [0.1, 0.15) is 27.2 Å². The van der Waals surface area contributed by atoms with E-state index in [2.05, 4.69) is 4.74 Å². The Morgan fingerprint density at radius 2 is 2.00 bits per heavy atom. The highest BCUT2D eigenvalue weighted by Crippen LogP contribution is 2.40. The SMILES string of the molecule is COC(=O)C1=C(C)C(=O)CC1(C)C. The van der Waals surface area contributed by atoms with Gasteiger partial charge in [-0.2, -0.15) is 0 Å². The van der Waals surface area contributed by atoms with E-state index in [1.54, 1.807) is 6.92 Å². The Labute approximate surface area is 77.8 Å². The molecule has 0 heterocycles. The van der Waals surface area contributed by atoms with E-state index in [9.17, 15) is 9.59 Å². The second-order valence-corrected chi connectivity index (χ2v) is 3.98. The molecule has 0 unspecified atom stereocenters. The highest BCUT2D eigenvalue weighted by Gasteiger charge is 2.40. The molecular formula is C10H14O3. The zero-order valence-corrected chi connectivity index (χ0v) is 8.43. The number of hydrogen-bond donors (Lipinski definition) is 0. The van der Waals surface area contributed by atoms with Gasteiger partial charge in [-0.1, -0.05) is 13.8 Å². The fraction of sp³-hybridized carbons (Fsp3) is 0.600. The molecule has 1 aliphatic rings. The Bertz CT molecular complexity index is 297. The van der Waals surface area contributed by atoms with Gasteiger partial charge in [0.05, 0.1) is 7.11 Å². The summed E-state index contributed by atoms with van der Waals surface area (Å²) in [5.41, 5.74) is 0.714. The summed E-state index contributed by atoms with van der Waals surface area (Å²) in [4.78, 5) is 22.7. The van der Waals surface area contributed by atoms with Crippen molar-refractivity contribution < 1.29 is 14.3 Å². The number of allylic oxidation sites excluding steroid dienone is 1. The molecule has 72 valence electrons. The third-order valence-corrected chi connectivity index (χ3v) is 2.46. The lowest BCUT2D eigenvalue weighted by molar-refractivity contribution is -0.137. The van der Waals surface area contributed by atoms with Crippen LogP contribution in [0.25, 0.3) is 0 Å². The van der Waals surface area contributed by atoms with E-state index < -0.39 is 0 Å². The quantitative estimate of drug-likeness (QED) is 0.577. The molecule has 0 aromatic carbocycles. The third-order valence-electron chi connectivity index (χ3n) is 2.46. The Morgan fingerprint density at radius 3 is 2.31 bits per heavy atom. The van der Waals surface area contributed by atoms with E-state index in [1.165, 1.54) is 7.11 Å². The summed E-state index contributed by atoms with van der Waals surface area (Å²) in [5, 5.41) is 0. The van der Waals surface area contributed by atoms with E-state index in [1.807, 2.05) is 13.8 Å². The van der Waals surface area contributed by atoms with Gasteiger partial charge in [0.1, 0.15) is 0 Å². The van der Waals surface area contributed by atoms with Crippen LogP contribution in [-0.4, -0.2) is 18.9 Å². The van der Waals surface area contributed by atoms with Crippen LogP contribution in [0.4, 0.5) is 0 Å². The van der Waals surface area contributed by atoms with Crippen molar-refractivity contribution in [1.29, 1.82) is 0 Å². The Balaban J connectivity index is 3.16. The third kappa shape index (κ3) is 1.50. The van der Waals surface area contributed by atoms with Crippen molar-refractivity contribution in [1.82, 2.24) is 0 Å². The van der Waals surface area contributed by atoms with Gasteiger partial charge in [0.15, 0.2) is 5.78 Å². The fourth-order valence-corrected chi connectivity index (χ4v) is 1.80. The van der Waals surface area contributed by atoms with Crippen molar-refractivity contribution in [2.24, 2.45) is 5.41 Å². The molecule has 1 aliphatic carbocycles. The lowest BCUT2D eigenvalue weighted by atomic mass is 9.85. The van der Waals surface area contributed by atoms with Crippen molar-refractivity contribution in [3.05, 3.63) is 11.1 Å². The lowest BCUT2D eigenvalue weighted by Crippen LogP contribution is -2.19. The summed E-state index contributed by atoms with van der Waals surface area (Å²) in [6, 6.07) is 0. The molecule has 13 heavy (non-hydrogen) atoms. The van der Waals surface area contributed by atoms with Crippen LogP contribution in [0.5, 0.6) is 0 Å². The minimum Gasteiger partial charge on any atom is -0.466 e. The molecule has 3 heteroatoms. The molecule has 0 aromatic rings. The molecule has 0 aliphatic heterocycles. The normalized spacial score (nSPS) is 20.8. The van der Waals surface area contributed by atoms with Crippen molar-refractivity contribution >= 4 is 11.8 Å². The van der Waals surface area contributed by atoms with E-state index in [-0.39, 0.29) is 17.2 Å². The number of Topliss-reactive ketones (excluding diaryl/α,β-unsaturated/α-hetero) is 1. The molecule has 0 N–H and O–H groups in total. The summed E-state index contributed by atoms with van der Waals surface area (Å²) in [7, 11) is 1.33. The first-order chi connectivity index (χ1) is 5.90. The van der Waals surface area contributed by atoms with Crippen LogP contribution < -0.4 is 0 Å². The molecule has 0 saturated carbocycles. The largest absolute Gasteiger partial charge is 0.466 e. The van der Waals surface area contributed by atoms with Crippen molar-refractivity contribution in [2.75, 3.05) is 7.11 Å². The Kier molecular flexibility index (Phi) is 2.28. The average molecular weight is 182 g/mol. The smallest absolute Gasteiger partial charge is 0.334 e. The first-order valence-corrected chi connectivity index (χ1v) is 4.23. The van der Waals surface area contributed by atoms with Crippen LogP contribution in [0.15, 0.2) is 11.1 Å². The molecule has 0 fully saturated rings. The first-order valence-electron chi connectivity index (χ1n) is 4.23. The zero-order chi connectivity index (χ0) is 10.2. The number of hydrogen-bond acceptors (Lipinski definition) is 3. The monoisotopic (exact) mass is 182 g/mol. The molecule has 0 radical (unpaired) electrons. The number of ether oxygens (including phenoxy) is 1.